The normalized spacial score (nSPS) is 10.4. The lowest BCUT2D eigenvalue weighted by Gasteiger charge is -2.00. The molecule has 2 rings (SSSR count). The molecule has 3 nitrogen and oxygen atoms in total. The molecule has 0 aliphatic carbocycles. The smallest absolute Gasteiger partial charge is 0.260 e. The topological polar surface area (TPSA) is 43.1 Å². The fourth-order valence-electron chi connectivity index (χ4n) is 1.52. The van der Waals surface area contributed by atoms with Gasteiger partial charge in [-0.2, -0.15) is 0 Å². The van der Waals surface area contributed by atoms with Crippen molar-refractivity contribution in [3.05, 3.63) is 40.9 Å². The highest BCUT2D eigenvalue weighted by atomic mass is 35.5. The lowest BCUT2D eigenvalue weighted by atomic mass is 10.1. The first-order chi connectivity index (χ1) is 7.76. The second kappa shape index (κ2) is 4.49. The lowest BCUT2D eigenvalue weighted by Crippen LogP contribution is -1.85. The predicted octanol–water partition coefficient (Wildman–Crippen LogP) is 3.37. The van der Waals surface area contributed by atoms with Crippen LogP contribution < -0.4 is 0 Å². The van der Waals surface area contributed by atoms with E-state index in [1.54, 1.807) is 6.07 Å². The molecular weight excluding hydrogens is 226 g/mol. The fourth-order valence-corrected chi connectivity index (χ4v) is 1.75. The highest BCUT2D eigenvalue weighted by Crippen LogP contribution is 2.30. The quantitative estimate of drug-likeness (QED) is 0.766. The Bertz CT molecular complexity index is 519. The van der Waals surface area contributed by atoms with Gasteiger partial charge in [-0.05, 0) is 6.07 Å². The van der Waals surface area contributed by atoms with Crippen molar-refractivity contribution in [3.63, 3.8) is 0 Å². The molecule has 0 aliphatic heterocycles. The largest absolute Gasteiger partial charge is 0.438 e. The first-order valence-electron chi connectivity index (χ1n) is 4.96. The number of oxazole rings is 1. The van der Waals surface area contributed by atoms with Crippen LogP contribution in [0.3, 0.4) is 0 Å². The molecule has 82 valence electrons. The van der Waals surface area contributed by atoms with E-state index in [9.17, 15) is 4.79 Å². The Morgan fingerprint density at radius 3 is 2.81 bits per heavy atom. The summed E-state index contributed by atoms with van der Waals surface area (Å²) in [7, 11) is 0. The zero-order valence-corrected chi connectivity index (χ0v) is 9.49. The lowest BCUT2D eigenvalue weighted by molar-refractivity contribution is 0.109. The van der Waals surface area contributed by atoms with E-state index in [4.69, 9.17) is 16.0 Å². The summed E-state index contributed by atoms with van der Waals surface area (Å²) in [6, 6.07) is 7.35. The van der Waals surface area contributed by atoms with E-state index in [-0.39, 0.29) is 5.89 Å². The Balaban J connectivity index is 2.59. The van der Waals surface area contributed by atoms with E-state index in [1.807, 2.05) is 25.1 Å². The van der Waals surface area contributed by atoms with Gasteiger partial charge in [0.05, 0.1) is 5.02 Å². The van der Waals surface area contributed by atoms with Gasteiger partial charge >= 0.3 is 0 Å². The predicted molar refractivity (Wildman–Crippen MR) is 61.7 cm³/mol. The average Bonchev–Trinajstić information content (AvgIpc) is 2.72. The minimum atomic E-state index is 0.0896. The molecule has 0 atom stereocenters. The van der Waals surface area contributed by atoms with E-state index in [1.165, 1.54) is 0 Å². The molecule has 4 heteroatoms. The fraction of sp³-hybridized carbons (Fsp3) is 0.167. The Kier molecular flexibility index (Phi) is 3.06. The summed E-state index contributed by atoms with van der Waals surface area (Å²) < 4.78 is 5.28. The minimum Gasteiger partial charge on any atom is -0.438 e. The van der Waals surface area contributed by atoms with E-state index in [2.05, 4.69) is 4.98 Å². The maximum atomic E-state index is 10.6. The Hall–Kier alpha value is -1.61. The number of aromatic nitrogens is 1. The number of nitrogens with zero attached hydrogens (tertiary/aromatic N) is 1. The van der Waals surface area contributed by atoms with Gasteiger partial charge in [0.2, 0.25) is 6.29 Å². The molecule has 1 heterocycles. The maximum Gasteiger partial charge on any atom is 0.260 e. The monoisotopic (exact) mass is 235 g/mol. The van der Waals surface area contributed by atoms with Crippen molar-refractivity contribution in [2.75, 3.05) is 0 Å². The third-order valence-corrected chi connectivity index (χ3v) is 2.59. The van der Waals surface area contributed by atoms with E-state index >= 15 is 0 Å². The van der Waals surface area contributed by atoms with E-state index in [0.717, 1.165) is 5.56 Å². The van der Waals surface area contributed by atoms with Gasteiger partial charge < -0.3 is 4.42 Å². The molecule has 0 N–H and O–H groups in total. The first kappa shape index (κ1) is 10.9. The van der Waals surface area contributed by atoms with Crippen molar-refractivity contribution in [1.29, 1.82) is 0 Å². The molecule has 0 aliphatic rings. The van der Waals surface area contributed by atoms with Crippen LogP contribution in [0.1, 0.15) is 23.4 Å². The number of hydrogen-bond acceptors (Lipinski definition) is 3. The summed E-state index contributed by atoms with van der Waals surface area (Å²) in [6.45, 7) is 1.94. The Morgan fingerprint density at radius 1 is 1.44 bits per heavy atom. The Labute approximate surface area is 98.1 Å². The van der Waals surface area contributed by atoms with Crippen LogP contribution in [0, 0.1) is 0 Å². The molecule has 0 spiro atoms. The van der Waals surface area contributed by atoms with Gasteiger partial charge in [-0.25, -0.2) is 4.98 Å². The highest BCUT2D eigenvalue weighted by Gasteiger charge is 2.15. The van der Waals surface area contributed by atoms with Crippen LogP contribution in [0.2, 0.25) is 5.02 Å². The van der Waals surface area contributed by atoms with Gasteiger partial charge in [-0.3, -0.25) is 4.79 Å². The zero-order chi connectivity index (χ0) is 11.5. The molecule has 0 bridgehead atoms. The molecule has 1 aromatic heterocycles. The van der Waals surface area contributed by atoms with Crippen molar-refractivity contribution < 1.29 is 9.21 Å². The van der Waals surface area contributed by atoms with Gasteiger partial charge in [0.25, 0.3) is 5.89 Å². The number of halogens is 1. The van der Waals surface area contributed by atoms with Gasteiger partial charge in [0.15, 0.2) is 0 Å². The van der Waals surface area contributed by atoms with Gasteiger partial charge in [0.1, 0.15) is 11.5 Å². The summed E-state index contributed by atoms with van der Waals surface area (Å²) in [6.07, 6.45) is 1.26. The molecular formula is C12H10ClNO2. The molecule has 1 aromatic carbocycles. The maximum absolute atomic E-state index is 10.6. The summed E-state index contributed by atoms with van der Waals surface area (Å²) in [5.74, 6) is 0.766. The third-order valence-electron chi connectivity index (χ3n) is 2.26. The van der Waals surface area contributed by atoms with Crippen LogP contribution in [-0.2, 0) is 6.42 Å². The molecule has 2 aromatic rings. The highest BCUT2D eigenvalue weighted by molar-refractivity contribution is 6.33. The summed E-state index contributed by atoms with van der Waals surface area (Å²) in [4.78, 5) is 14.7. The standard InChI is InChI=1S/C12H10ClNO2/c1-2-10-12(14-11(7-15)16-10)8-5-3-4-6-9(8)13/h3-7H,2H2,1H3. The van der Waals surface area contributed by atoms with Crippen LogP contribution in [-0.4, -0.2) is 11.3 Å². The van der Waals surface area contributed by atoms with Crippen molar-refractivity contribution in [1.82, 2.24) is 4.98 Å². The summed E-state index contributed by atoms with van der Waals surface area (Å²) >= 11 is 6.07. The van der Waals surface area contributed by atoms with Crippen LogP contribution in [0.4, 0.5) is 0 Å². The van der Waals surface area contributed by atoms with Crippen LogP contribution in [0.5, 0.6) is 0 Å². The SMILES string of the molecule is CCc1oc(C=O)nc1-c1ccccc1Cl. The van der Waals surface area contributed by atoms with Gasteiger partial charge in [-0.1, -0.05) is 36.7 Å². The van der Waals surface area contributed by atoms with Crippen molar-refractivity contribution in [2.45, 2.75) is 13.3 Å². The summed E-state index contributed by atoms with van der Waals surface area (Å²) in [5.41, 5.74) is 1.44. The number of hydrogen-bond donors (Lipinski definition) is 0. The molecule has 16 heavy (non-hydrogen) atoms. The second-order valence-electron chi connectivity index (χ2n) is 3.28. The molecule has 0 saturated heterocycles. The molecule has 0 unspecified atom stereocenters. The number of carbonyl (C=O) groups excluding carboxylic acids is 1. The minimum absolute atomic E-state index is 0.0896. The van der Waals surface area contributed by atoms with E-state index < -0.39 is 0 Å². The number of carbonyl (C=O) groups is 1. The van der Waals surface area contributed by atoms with Crippen molar-refractivity contribution >= 4 is 17.9 Å². The van der Waals surface area contributed by atoms with E-state index in [0.29, 0.717) is 29.2 Å². The average molecular weight is 236 g/mol. The molecule has 0 fully saturated rings. The molecule has 0 radical (unpaired) electrons. The van der Waals surface area contributed by atoms with Crippen molar-refractivity contribution in [3.8, 4) is 11.3 Å². The van der Waals surface area contributed by atoms with Crippen LogP contribution in [0.15, 0.2) is 28.7 Å². The number of aryl methyl sites for hydroxylation is 1. The number of rotatable bonds is 3. The number of aldehydes is 1. The third kappa shape index (κ3) is 1.86. The van der Waals surface area contributed by atoms with Crippen molar-refractivity contribution in [2.24, 2.45) is 0 Å². The zero-order valence-electron chi connectivity index (χ0n) is 8.74. The molecule has 0 amide bonds. The van der Waals surface area contributed by atoms with Gasteiger partial charge in [0, 0.05) is 12.0 Å². The summed E-state index contributed by atoms with van der Waals surface area (Å²) in [5, 5.41) is 0.600. The second-order valence-corrected chi connectivity index (χ2v) is 3.68. The van der Waals surface area contributed by atoms with Crippen LogP contribution in [0.25, 0.3) is 11.3 Å². The number of benzene rings is 1. The first-order valence-corrected chi connectivity index (χ1v) is 5.33. The van der Waals surface area contributed by atoms with Gasteiger partial charge in [-0.15, -0.1) is 0 Å². The van der Waals surface area contributed by atoms with Crippen LogP contribution >= 0.6 is 11.6 Å². The Morgan fingerprint density at radius 2 is 2.19 bits per heavy atom. The molecule has 0 saturated carbocycles.